The van der Waals surface area contributed by atoms with Gasteiger partial charge in [-0.1, -0.05) is 0 Å². The number of carbonyl (C=O) groups excluding carboxylic acids is 2. The maximum atomic E-state index is 11.5. The van der Waals surface area contributed by atoms with Crippen LogP contribution < -0.4 is 10.6 Å². The summed E-state index contributed by atoms with van der Waals surface area (Å²) >= 11 is 0. The molecule has 0 spiro atoms. The minimum atomic E-state index is -0.562. The third-order valence-corrected chi connectivity index (χ3v) is 2.46. The zero-order valence-electron chi connectivity index (χ0n) is 9.29. The Bertz CT molecular complexity index is 445. The summed E-state index contributed by atoms with van der Waals surface area (Å²) < 4.78 is 4.50. The summed E-state index contributed by atoms with van der Waals surface area (Å²) in [6.07, 6.45) is 2.95. The second-order valence-electron chi connectivity index (χ2n) is 3.72. The van der Waals surface area contributed by atoms with Crippen LogP contribution in [0.1, 0.15) is 16.9 Å². The van der Waals surface area contributed by atoms with Gasteiger partial charge >= 0.3 is 5.97 Å². The van der Waals surface area contributed by atoms with Crippen LogP contribution in [0.25, 0.3) is 0 Å². The molecule has 0 aliphatic carbocycles. The molecule has 7 nitrogen and oxygen atoms in total. The van der Waals surface area contributed by atoms with Crippen LogP contribution in [0.15, 0.2) is 12.4 Å². The number of amides is 1. The normalized spacial score (nSPS) is 19.5. The lowest BCUT2D eigenvalue weighted by molar-refractivity contribution is -0.117. The highest BCUT2D eigenvalue weighted by molar-refractivity contribution is 5.95. The SMILES string of the molecule is COC(=O)c1cnc(N2CC(N)CC2=O)cn1. The number of aromatic nitrogens is 2. The summed E-state index contributed by atoms with van der Waals surface area (Å²) in [5, 5.41) is 0. The first-order chi connectivity index (χ1) is 8.11. The van der Waals surface area contributed by atoms with E-state index in [1.165, 1.54) is 24.4 Å². The fourth-order valence-electron chi connectivity index (χ4n) is 1.63. The predicted octanol–water partition coefficient (Wildman–Crippen LogP) is -0.673. The van der Waals surface area contributed by atoms with Gasteiger partial charge in [0.05, 0.1) is 19.5 Å². The van der Waals surface area contributed by atoms with Crippen molar-refractivity contribution in [2.24, 2.45) is 5.73 Å². The molecule has 1 saturated heterocycles. The van der Waals surface area contributed by atoms with Gasteiger partial charge in [-0.3, -0.25) is 9.69 Å². The number of carbonyl (C=O) groups is 2. The average molecular weight is 236 g/mol. The highest BCUT2D eigenvalue weighted by Crippen LogP contribution is 2.17. The van der Waals surface area contributed by atoms with Crippen LogP contribution in [0.3, 0.4) is 0 Å². The Balaban J connectivity index is 2.18. The van der Waals surface area contributed by atoms with Crippen LogP contribution in [0.2, 0.25) is 0 Å². The summed E-state index contributed by atoms with van der Waals surface area (Å²) in [5.41, 5.74) is 5.77. The summed E-state index contributed by atoms with van der Waals surface area (Å²) in [6.45, 7) is 0.422. The minimum absolute atomic E-state index is 0.0855. The highest BCUT2D eigenvalue weighted by atomic mass is 16.5. The van der Waals surface area contributed by atoms with Crippen LogP contribution >= 0.6 is 0 Å². The molecule has 0 aromatic carbocycles. The molecule has 7 heteroatoms. The van der Waals surface area contributed by atoms with Crippen LogP contribution in [-0.4, -0.2) is 41.5 Å². The Morgan fingerprint density at radius 1 is 1.53 bits per heavy atom. The lowest BCUT2D eigenvalue weighted by atomic mass is 10.3. The van der Waals surface area contributed by atoms with Crippen molar-refractivity contribution >= 4 is 17.7 Å². The Hall–Kier alpha value is -2.02. The first kappa shape index (κ1) is 11.5. The molecule has 2 heterocycles. The largest absolute Gasteiger partial charge is 0.464 e. The van der Waals surface area contributed by atoms with E-state index in [9.17, 15) is 9.59 Å². The number of nitrogens with zero attached hydrogens (tertiary/aromatic N) is 3. The lowest BCUT2D eigenvalue weighted by Gasteiger charge is -2.14. The maximum Gasteiger partial charge on any atom is 0.358 e. The number of hydrogen-bond donors (Lipinski definition) is 1. The van der Waals surface area contributed by atoms with E-state index in [2.05, 4.69) is 14.7 Å². The zero-order chi connectivity index (χ0) is 12.4. The molecule has 17 heavy (non-hydrogen) atoms. The fraction of sp³-hybridized carbons (Fsp3) is 0.400. The molecule has 1 aliphatic rings. The number of hydrogen-bond acceptors (Lipinski definition) is 6. The third-order valence-electron chi connectivity index (χ3n) is 2.46. The van der Waals surface area contributed by atoms with Gasteiger partial charge in [-0.05, 0) is 0 Å². The fourth-order valence-corrected chi connectivity index (χ4v) is 1.63. The molecule has 0 saturated carbocycles. The average Bonchev–Trinajstić information content (AvgIpc) is 2.68. The van der Waals surface area contributed by atoms with Crippen LogP contribution in [0.4, 0.5) is 5.82 Å². The summed E-state index contributed by atoms with van der Waals surface area (Å²) in [5.74, 6) is -0.248. The van der Waals surface area contributed by atoms with E-state index in [-0.39, 0.29) is 17.6 Å². The van der Waals surface area contributed by atoms with E-state index in [4.69, 9.17) is 5.73 Å². The van der Waals surface area contributed by atoms with Gasteiger partial charge in [0.25, 0.3) is 0 Å². The lowest BCUT2D eigenvalue weighted by Crippen LogP contribution is -2.28. The highest BCUT2D eigenvalue weighted by Gasteiger charge is 2.29. The molecule has 1 aliphatic heterocycles. The smallest absolute Gasteiger partial charge is 0.358 e. The standard InChI is InChI=1S/C10H12N4O3/c1-17-10(16)7-3-13-8(4-12-7)14-5-6(11)2-9(14)15/h3-4,6H,2,5,11H2,1H3. The molecule has 90 valence electrons. The first-order valence-electron chi connectivity index (χ1n) is 5.08. The molecule has 0 bridgehead atoms. The van der Waals surface area contributed by atoms with Gasteiger partial charge < -0.3 is 10.5 Å². The summed E-state index contributed by atoms with van der Waals surface area (Å²) in [4.78, 5) is 32.0. The molecular formula is C10H12N4O3. The summed E-state index contributed by atoms with van der Waals surface area (Å²) in [6, 6.07) is -0.176. The van der Waals surface area contributed by atoms with Gasteiger partial charge in [0.15, 0.2) is 11.5 Å². The third kappa shape index (κ3) is 2.23. The quantitative estimate of drug-likeness (QED) is 0.683. The Morgan fingerprint density at radius 3 is 2.76 bits per heavy atom. The van der Waals surface area contributed by atoms with Crippen LogP contribution in [0.5, 0.6) is 0 Å². The molecule has 1 unspecified atom stereocenters. The second kappa shape index (κ2) is 4.46. The number of methoxy groups -OCH3 is 1. The molecule has 1 amide bonds. The number of nitrogens with two attached hydrogens (primary N) is 1. The van der Waals surface area contributed by atoms with E-state index in [1.807, 2.05) is 0 Å². The Kier molecular flexibility index (Phi) is 3.01. The van der Waals surface area contributed by atoms with Crippen molar-refractivity contribution in [3.8, 4) is 0 Å². The van der Waals surface area contributed by atoms with Gasteiger partial charge in [0, 0.05) is 19.0 Å². The number of ether oxygens (including phenoxy) is 1. The van der Waals surface area contributed by atoms with Gasteiger partial charge in [-0.2, -0.15) is 0 Å². The zero-order valence-corrected chi connectivity index (χ0v) is 9.29. The topological polar surface area (TPSA) is 98.4 Å². The van der Waals surface area contributed by atoms with Crippen molar-refractivity contribution < 1.29 is 14.3 Å². The van der Waals surface area contributed by atoms with E-state index < -0.39 is 5.97 Å². The number of esters is 1. The Morgan fingerprint density at radius 2 is 2.29 bits per heavy atom. The molecule has 2 N–H and O–H groups in total. The second-order valence-corrected chi connectivity index (χ2v) is 3.72. The molecule has 1 aromatic heterocycles. The van der Waals surface area contributed by atoms with E-state index in [1.54, 1.807) is 0 Å². The molecule has 1 atom stereocenters. The Labute approximate surface area is 97.6 Å². The number of anilines is 1. The van der Waals surface area contributed by atoms with Crippen LogP contribution in [-0.2, 0) is 9.53 Å². The van der Waals surface area contributed by atoms with Gasteiger partial charge in [-0.25, -0.2) is 14.8 Å². The van der Waals surface area contributed by atoms with Gasteiger partial charge in [0.2, 0.25) is 5.91 Å². The van der Waals surface area contributed by atoms with E-state index >= 15 is 0 Å². The molecule has 1 aromatic rings. The van der Waals surface area contributed by atoms with Crippen molar-refractivity contribution in [2.45, 2.75) is 12.5 Å². The van der Waals surface area contributed by atoms with Crippen molar-refractivity contribution in [1.29, 1.82) is 0 Å². The summed E-state index contributed by atoms with van der Waals surface area (Å²) in [7, 11) is 1.26. The van der Waals surface area contributed by atoms with Gasteiger partial charge in [-0.15, -0.1) is 0 Å². The number of rotatable bonds is 2. The molecule has 1 fully saturated rings. The van der Waals surface area contributed by atoms with E-state index in [0.29, 0.717) is 18.8 Å². The molecular weight excluding hydrogens is 224 g/mol. The van der Waals surface area contributed by atoms with Crippen molar-refractivity contribution in [1.82, 2.24) is 9.97 Å². The van der Waals surface area contributed by atoms with Crippen molar-refractivity contribution in [2.75, 3.05) is 18.6 Å². The molecule has 0 radical (unpaired) electrons. The van der Waals surface area contributed by atoms with E-state index in [0.717, 1.165) is 0 Å². The monoisotopic (exact) mass is 236 g/mol. The first-order valence-corrected chi connectivity index (χ1v) is 5.08. The predicted molar refractivity (Wildman–Crippen MR) is 58.3 cm³/mol. The van der Waals surface area contributed by atoms with Crippen molar-refractivity contribution in [3.63, 3.8) is 0 Å². The minimum Gasteiger partial charge on any atom is -0.464 e. The van der Waals surface area contributed by atoms with Crippen LogP contribution in [0, 0.1) is 0 Å². The maximum absolute atomic E-state index is 11.5. The van der Waals surface area contributed by atoms with Gasteiger partial charge in [0.1, 0.15) is 0 Å². The molecule has 2 rings (SSSR count). The van der Waals surface area contributed by atoms with Crippen molar-refractivity contribution in [3.05, 3.63) is 18.1 Å².